The Kier molecular flexibility index (Phi) is 4.63. The number of nitrogens with zero attached hydrogens (tertiary/aromatic N) is 2. The van der Waals surface area contributed by atoms with Gasteiger partial charge in [-0.3, -0.25) is 4.98 Å². The molecule has 2 heterocycles. The molecule has 0 spiro atoms. The number of hydrogen-bond donors (Lipinski definition) is 1. The largest absolute Gasteiger partial charge is 0.322 e. The molecule has 5 heteroatoms. The van der Waals surface area contributed by atoms with E-state index in [0.29, 0.717) is 0 Å². The van der Waals surface area contributed by atoms with Crippen LogP contribution in [0, 0.1) is 0 Å². The number of thioether (sulfide) groups is 1. The smallest absolute Gasteiger partial charge is 0.317 e. The van der Waals surface area contributed by atoms with E-state index in [4.69, 9.17) is 0 Å². The zero-order valence-corrected chi connectivity index (χ0v) is 13.3. The van der Waals surface area contributed by atoms with Crippen LogP contribution in [0.15, 0.2) is 53.7 Å². The molecule has 0 saturated carbocycles. The number of urea groups is 1. The van der Waals surface area contributed by atoms with Gasteiger partial charge in [-0.1, -0.05) is 12.1 Å². The number of pyridine rings is 1. The van der Waals surface area contributed by atoms with Crippen LogP contribution in [0.5, 0.6) is 0 Å². The van der Waals surface area contributed by atoms with Crippen LogP contribution >= 0.6 is 11.8 Å². The van der Waals surface area contributed by atoms with E-state index in [-0.39, 0.29) is 12.1 Å². The second-order valence-corrected chi connectivity index (χ2v) is 6.11. The van der Waals surface area contributed by atoms with Gasteiger partial charge < -0.3 is 10.2 Å². The third-order valence-corrected chi connectivity index (χ3v) is 4.75. The lowest BCUT2D eigenvalue weighted by molar-refractivity contribution is 0.207. The number of aromatic nitrogens is 1. The Morgan fingerprint density at radius 2 is 2.05 bits per heavy atom. The van der Waals surface area contributed by atoms with Crippen molar-refractivity contribution < 1.29 is 4.79 Å². The van der Waals surface area contributed by atoms with Gasteiger partial charge >= 0.3 is 6.03 Å². The molecular weight excluding hydrogens is 294 g/mol. The number of nitrogens with one attached hydrogen (secondary N) is 1. The number of anilines is 1. The second-order valence-electron chi connectivity index (χ2n) is 5.26. The van der Waals surface area contributed by atoms with Crippen molar-refractivity contribution in [3.8, 4) is 0 Å². The highest BCUT2D eigenvalue weighted by Gasteiger charge is 2.30. The van der Waals surface area contributed by atoms with E-state index < -0.39 is 0 Å². The zero-order chi connectivity index (χ0) is 15.4. The zero-order valence-electron chi connectivity index (χ0n) is 12.5. The first-order valence-corrected chi connectivity index (χ1v) is 8.62. The van der Waals surface area contributed by atoms with Crippen LogP contribution in [0.3, 0.4) is 0 Å². The average Bonchev–Trinajstić information content (AvgIpc) is 3.06. The highest BCUT2D eigenvalue weighted by Crippen LogP contribution is 2.33. The van der Waals surface area contributed by atoms with Gasteiger partial charge in [0.2, 0.25) is 0 Å². The number of para-hydroxylation sites is 1. The first-order chi connectivity index (χ1) is 10.8. The lowest BCUT2D eigenvalue weighted by atomic mass is 10.1. The summed E-state index contributed by atoms with van der Waals surface area (Å²) in [5.74, 6) is 0. The van der Waals surface area contributed by atoms with Crippen molar-refractivity contribution in [3.63, 3.8) is 0 Å². The molecule has 22 heavy (non-hydrogen) atoms. The Bertz CT molecular complexity index is 647. The normalized spacial score (nSPS) is 17.5. The molecular formula is C17H19N3OS. The van der Waals surface area contributed by atoms with E-state index in [1.165, 1.54) is 0 Å². The lowest BCUT2D eigenvalue weighted by Gasteiger charge is -2.25. The Morgan fingerprint density at radius 3 is 2.82 bits per heavy atom. The summed E-state index contributed by atoms with van der Waals surface area (Å²) in [5, 5.41) is 3.05. The fourth-order valence-corrected chi connectivity index (χ4v) is 3.43. The van der Waals surface area contributed by atoms with Crippen molar-refractivity contribution in [1.82, 2.24) is 9.88 Å². The van der Waals surface area contributed by atoms with Crippen molar-refractivity contribution in [2.24, 2.45) is 0 Å². The molecule has 2 amide bonds. The highest BCUT2D eigenvalue weighted by molar-refractivity contribution is 7.98. The van der Waals surface area contributed by atoms with Gasteiger partial charge in [0.05, 0.1) is 11.7 Å². The molecule has 1 aromatic heterocycles. The number of amides is 2. The summed E-state index contributed by atoms with van der Waals surface area (Å²) in [5.41, 5.74) is 2.03. The van der Waals surface area contributed by atoms with Gasteiger partial charge in [0, 0.05) is 23.8 Å². The van der Waals surface area contributed by atoms with Crippen LogP contribution in [-0.2, 0) is 0 Å². The van der Waals surface area contributed by atoms with Crippen LogP contribution in [0.1, 0.15) is 24.4 Å². The summed E-state index contributed by atoms with van der Waals surface area (Å²) in [6.07, 6.45) is 7.62. The van der Waals surface area contributed by atoms with Crippen molar-refractivity contribution in [3.05, 3.63) is 54.4 Å². The number of carbonyl (C=O) groups is 1. The Balaban J connectivity index is 1.77. The number of rotatable bonds is 3. The van der Waals surface area contributed by atoms with E-state index >= 15 is 0 Å². The van der Waals surface area contributed by atoms with Crippen LogP contribution in [-0.4, -0.2) is 28.7 Å². The quantitative estimate of drug-likeness (QED) is 0.865. The SMILES string of the molecule is CSc1ccccc1NC(=O)N1CCCC1c1ccncc1. The standard InChI is InChI=1S/C17H19N3OS/c1-22-16-7-3-2-5-14(16)19-17(21)20-12-4-6-15(20)13-8-10-18-11-9-13/h2-3,5,7-11,15H,4,6,12H2,1H3,(H,19,21). The van der Waals surface area contributed by atoms with Crippen LogP contribution in [0.25, 0.3) is 0 Å². The fourth-order valence-electron chi connectivity index (χ4n) is 2.88. The topological polar surface area (TPSA) is 45.2 Å². The molecule has 1 N–H and O–H groups in total. The van der Waals surface area contributed by atoms with Gasteiger partial charge in [0.1, 0.15) is 0 Å². The highest BCUT2D eigenvalue weighted by atomic mass is 32.2. The van der Waals surface area contributed by atoms with Crippen molar-refractivity contribution >= 4 is 23.5 Å². The number of likely N-dealkylation sites (tertiary alicyclic amines) is 1. The maximum atomic E-state index is 12.7. The molecule has 1 aliphatic rings. The first-order valence-electron chi connectivity index (χ1n) is 7.40. The summed E-state index contributed by atoms with van der Waals surface area (Å²) in [4.78, 5) is 19.7. The molecule has 1 atom stereocenters. The Morgan fingerprint density at radius 1 is 1.27 bits per heavy atom. The molecule has 0 aliphatic carbocycles. The maximum Gasteiger partial charge on any atom is 0.322 e. The predicted molar refractivity (Wildman–Crippen MR) is 90.2 cm³/mol. The van der Waals surface area contributed by atoms with Crippen LogP contribution < -0.4 is 5.32 Å². The Labute approximate surface area is 134 Å². The molecule has 1 saturated heterocycles. The van der Waals surface area contributed by atoms with Crippen molar-refractivity contribution in [2.75, 3.05) is 18.1 Å². The molecule has 3 rings (SSSR count). The molecule has 1 aliphatic heterocycles. The summed E-state index contributed by atoms with van der Waals surface area (Å²) in [7, 11) is 0. The van der Waals surface area contributed by atoms with Crippen molar-refractivity contribution in [2.45, 2.75) is 23.8 Å². The fraction of sp³-hybridized carbons (Fsp3) is 0.294. The molecule has 1 fully saturated rings. The number of hydrogen-bond acceptors (Lipinski definition) is 3. The minimum absolute atomic E-state index is 0.0270. The van der Waals surface area contributed by atoms with E-state index in [1.54, 1.807) is 24.2 Å². The van der Waals surface area contributed by atoms with Gasteiger partial charge in [-0.2, -0.15) is 0 Å². The van der Waals surface area contributed by atoms with E-state index in [9.17, 15) is 4.79 Å². The maximum absolute atomic E-state index is 12.7. The van der Waals surface area contributed by atoms with E-state index in [1.807, 2.05) is 47.6 Å². The van der Waals surface area contributed by atoms with E-state index in [0.717, 1.165) is 35.5 Å². The minimum Gasteiger partial charge on any atom is -0.317 e. The minimum atomic E-state index is -0.0270. The molecule has 2 aromatic rings. The van der Waals surface area contributed by atoms with Gasteiger partial charge in [-0.05, 0) is 48.9 Å². The van der Waals surface area contributed by atoms with Crippen molar-refractivity contribution in [1.29, 1.82) is 0 Å². The summed E-state index contributed by atoms with van der Waals surface area (Å²) >= 11 is 1.64. The lowest BCUT2D eigenvalue weighted by Crippen LogP contribution is -2.34. The van der Waals surface area contributed by atoms with Gasteiger partial charge in [-0.15, -0.1) is 11.8 Å². The predicted octanol–water partition coefficient (Wildman–Crippen LogP) is 4.17. The van der Waals surface area contributed by atoms with E-state index in [2.05, 4.69) is 10.3 Å². The second kappa shape index (κ2) is 6.83. The van der Waals surface area contributed by atoms with Gasteiger partial charge in [-0.25, -0.2) is 4.79 Å². The summed E-state index contributed by atoms with van der Waals surface area (Å²) in [6.45, 7) is 0.792. The molecule has 0 bridgehead atoms. The average molecular weight is 313 g/mol. The molecule has 1 unspecified atom stereocenters. The molecule has 1 aromatic carbocycles. The molecule has 4 nitrogen and oxygen atoms in total. The molecule has 114 valence electrons. The number of benzene rings is 1. The Hall–Kier alpha value is -2.01. The van der Waals surface area contributed by atoms with Crippen LogP contribution in [0.2, 0.25) is 0 Å². The van der Waals surface area contributed by atoms with Gasteiger partial charge in [0.15, 0.2) is 0 Å². The first kappa shape index (κ1) is 14.9. The third-order valence-electron chi connectivity index (χ3n) is 3.95. The molecule has 0 radical (unpaired) electrons. The summed E-state index contributed by atoms with van der Waals surface area (Å²) in [6, 6.07) is 12.0. The summed E-state index contributed by atoms with van der Waals surface area (Å²) < 4.78 is 0. The van der Waals surface area contributed by atoms with Gasteiger partial charge in [0.25, 0.3) is 0 Å². The third kappa shape index (κ3) is 3.09. The van der Waals surface area contributed by atoms with Crippen LogP contribution in [0.4, 0.5) is 10.5 Å². The monoisotopic (exact) mass is 313 g/mol. The number of carbonyl (C=O) groups excluding carboxylic acids is 1.